The van der Waals surface area contributed by atoms with Crippen LogP contribution in [0.25, 0.3) is 5.65 Å². The predicted molar refractivity (Wildman–Crippen MR) is 82.7 cm³/mol. The molecule has 0 aliphatic carbocycles. The minimum Gasteiger partial charge on any atom is -0.359 e. The maximum absolute atomic E-state index is 12.2. The van der Waals surface area contributed by atoms with Gasteiger partial charge in [0.05, 0.1) is 6.54 Å². The summed E-state index contributed by atoms with van der Waals surface area (Å²) >= 11 is 0. The number of pyridine rings is 1. The Morgan fingerprint density at radius 1 is 1.32 bits per heavy atom. The Hall–Kier alpha value is -2.15. The van der Waals surface area contributed by atoms with Crippen LogP contribution in [0.15, 0.2) is 29.2 Å². The summed E-state index contributed by atoms with van der Waals surface area (Å²) in [5.41, 5.74) is 0.571. The van der Waals surface area contributed by atoms with Gasteiger partial charge < -0.3 is 10.2 Å². The van der Waals surface area contributed by atoms with Gasteiger partial charge in [-0.15, -0.1) is 5.10 Å². The summed E-state index contributed by atoms with van der Waals surface area (Å²) in [4.78, 5) is 26.1. The molecule has 1 aliphatic heterocycles. The van der Waals surface area contributed by atoms with Gasteiger partial charge in [-0.25, -0.2) is 9.48 Å². The molecular formula is C15H21N5O2. The lowest BCUT2D eigenvalue weighted by Crippen LogP contribution is -2.41. The van der Waals surface area contributed by atoms with Gasteiger partial charge in [0, 0.05) is 25.7 Å². The van der Waals surface area contributed by atoms with E-state index in [0.717, 1.165) is 32.5 Å². The summed E-state index contributed by atoms with van der Waals surface area (Å²) < 4.78 is 3.07. The summed E-state index contributed by atoms with van der Waals surface area (Å²) in [5.74, 6) is 0.260. The topological polar surface area (TPSA) is 71.6 Å². The number of amides is 1. The van der Waals surface area contributed by atoms with Gasteiger partial charge in [-0.2, -0.15) is 0 Å². The monoisotopic (exact) mass is 303 g/mol. The van der Waals surface area contributed by atoms with Gasteiger partial charge in [0.15, 0.2) is 5.65 Å². The zero-order chi connectivity index (χ0) is 15.5. The Labute approximate surface area is 128 Å². The fraction of sp³-hybridized carbons (Fsp3) is 0.533. The van der Waals surface area contributed by atoms with E-state index in [0.29, 0.717) is 12.2 Å². The molecule has 22 heavy (non-hydrogen) atoms. The second-order valence-corrected chi connectivity index (χ2v) is 5.66. The van der Waals surface area contributed by atoms with Crippen LogP contribution in [0.5, 0.6) is 0 Å². The summed E-state index contributed by atoms with van der Waals surface area (Å²) in [6, 6.07) is 5.52. The van der Waals surface area contributed by atoms with Crippen molar-refractivity contribution in [2.24, 2.45) is 5.92 Å². The minimum atomic E-state index is -0.101. The molecular weight excluding hydrogens is 282 g/mol. The third kappa shape index (κ3) is 2.89. The van der Waals surface area contributed by atoms with Crippen LogP contribution in [0.1, 0.15) is 12.8 Å². The van der Waals surface area contributed by atoms with Crippen LogP contribution in [0, 0.1) is 5.92 Å². The lowest BCUT2D eigenvalue weighted by molar-refractivity contribution is -0.125. The molecule has 0 unspecified atom stereocenters. The summed E-state index contributed by atoms with van der Waals surface area (Å²) in [6.07, 6.45) is 3.48. The molecule has 1 fully saturated rings. The first kappa shape index (κ1) is 14.8. The van der Waals surface area contributed by atoms with Crippen LogP contribution in [0.3, 0.4) is 0 Å². The third-order valence-corrected chi connectivity index (χ3v) is 4.32. The van der Waals surface area contributed by atoms with Crippen molar-refractivity contribution in [1.29, 1.82) is 0 Å². The highest BCUT2D eigenvalue weighted by atomic mass is 16.2. The number of aromatic nitrogens is 3. The average Bonchev–Trinajstić information content (AvgIpc) is 2.89. The van der Waals surface area contributed by atoms with Crippen molar-refractivity contribution in [2.75, 3.05) is 26.7 Å². The molecule has 0 spiro atoms. The van der Waals surface area contributed by atoms with Crippen LogP contribution < -0.4 is 11.0 Å². The fourth-order valence-electron chi connectivity index (χ4n) is 2.97. The quantitative estimate of drug-likeness (QED) is 0.860. The maximum atomic E-state index is 12.2. The van der Waals surface area contributed by atoms with Crippen molar-refractivity contribution in [3.05, 3.63) is 34.9 Å². The zero-order valence-corrected chi connectivity index (χ0v) is 12.7. The SMILES string of the molecule is CNC(=O)C1CCN(CCn2nc3ccccn3c2=O)CC1. The van der Waals surface area contributed by atoms with E-state index in [4.69, 9.17) is 0 Å². The van der Waals surface area contributed by atoms with E-state index in [1.165, 1.54) is 4.68 Å². The number of fused-ring (bicyclic) bond motifs is 1. The highest BCUT2D eigenvalue weighted by Crippen LogP contribution is 2.16. The van der Waals surface area contributed by atoms with Crippen LogP contribution in [0.2, 0.25) is 0 Å². The van der Waals surface area contributed by atoms with E-state index in [9.17, 15) is 9.59 Å². The van der Waals surface area contributed by atoms with Gasteiger partial charge in [-0.1, -0.05) is 6.07 Å². The second kappa shape index (κ2) is 6.31. The number of nitrogens with zero attached hydrogens (tertiary/aromatic N) is 4. The summed E-state index contributed by atoms with van der Waals surface area (Å²) in [6.45, 7) is 3.13. The lowest BCUT2D eigenvalue weighted by atomic mass is 9.96. The molecule has 7 nitrogen and oxygen atoms in total. The molecule has 3 heterocycles. The normalized spacial score (nSPS) is 17.0. The Kier molecular flexibility index (Phi) is 4.24. The maximum Gasteiger partial charge on any atom is 0.350 e. The molecule has 1 N–H and O–H groups in total. The van der Waals surface area contributed by atoms with Gasteiger partial charge in [0.1, 0.15) is 0 Å². The largest absolute Gasteiger partial charge is 0.359 e. The Bertz CT molecular complexity index is 712. The summed E-state index contributed by atoms with van der Waals surface area (Å²) in [7, 11) is 1.69. The first-order valence-corrected chi connectivity index (χ1v) is 7.67. The van der Waals surface area contributed by atoms with Crippen LogP contribution in [0.4, 0.5) is 0 Å². The van der Waals surface area contributed by atoms with E-state index in [1.807, 2.05) is 18.2 Å². The molecule has 2 aromatic heterocycles. The number of carbonyl (C=O) groups is 1. The van der Waals surface area contributed by atoms with Gasteiger partial charge in [0.2, 0.25) is 5.91 Å². The van der Waals surface area contributed by atoms with Crippen molar-refractivity contribution in [1.82, 2.24) is 24.4 Å². The van der Waals surface area contributed by atoms with Gasteiger partial charge >= 0.3 is 5.69 Å². The number of piperidine rings is 1. The Morgan fingerprint density at radius 2 is 2.09 bits per heavy atom. The molecule has 1 aliphatic rings. The van der Waals surface area contributed by atoms with E-state index >= 15 is 0 Å². The molecule has 1 amide bonds. The predicted octanol–water partition coefficient (Wildman–Crippen LogP) is -0.0460. The standard InChI is InChI=1S/C15H21N5O2/c1-16-14(21)12-5-8-18(9-6-12)10-11-20-15(22)19-7-3-2-4-13(19)17-20/h2-4,7,12H,5-6,8-11H2,1H3,(H,16,21). The van der Waals surface area contributed by atoms with Crippen LogP contribution in [-0.4, -0.2) is 51.7 Å². The minimum absolute atomic E-state index is 0.101. The number of carbonyl (C=O) groups excluding carboxylic acids is 1. The van der Waals surface area contributed by atoms with E-state index < -0.39 is 0 Å². The molecule has 118 valence electrons. The summed E-state index contributed by atoms with van der Waals surface area (Å²) in [5, 5.41) is 7.04. The van der Waals surface area contributed by atoms with Crippen LogP contribution in [-0.2, 0) is 11.3 Å². The molecule has 3 rings (SSSR count). The second-order valence-electron chi connectivity index (χ2n) is 5.66. The van der Waals surface area contributed by atoms with Gasteiger partial charge in [0.25, 0.3) is 0 Å². The number of hydrogen-bond acceptors (Lipinski definition) is 4. The lowest BCUT2D eigenvalue weighted by Gasteiger charge is -2.30. The zero-order valence-electron chi connectivity index (χ0n) is 12.7. The molecule has 1 saturated heterocycles. The number of hydrogen-bond donors (Lipinski definition) is 1. The van der Waals surface area contributed by atoms with Crippen molar-refractivity contribution in [3.8, 4) is 0 Å². The fourth-order valence-corrected chi connectivity index (χ4v) is 2.97. The number of likely N-dealkylation sites (tertiary alicyclic amines) is 1. The molecule has 2 aromatic rings. The first-order chi connectivity index (χ1) is 10.7. The Balaban J connectivity index is 1.58. The molecule has 7 heteroatoms. The smallest absolute Gasteiger partial charge is 0.350 e. The van der Waals surface area contributed by atoms with Gasteiger partial charge in [-0.3, -0.25) is 9.20 Å². The molecule has 0 atom stereocenters. The van der Waals surface area contributed by atoms with Crippen molar-refractivity contribution in [2.45, 2.75) is 19.4 Å². The van der Waals surface area contributed by atoms with Crippen molar-refractivity contribution >= 4 is 11.6 Å². The van der Waals surface area contributed by atoms with Crippen molar-refractivity contribution in [3.63, 3.8) is 0 Å². The molecule has 0 saturated carbocycles. The highest BCUT2D eigenvalue weighted by Gasteiger charge is 2.24. The molecule has 0 radical (unpaired) electrons. The van der Waals surface area contributed by atoms with Crippen LogP contribution >= 0.6 is 0 Å². The first-order valence-electron chi connectivity index (χ1n) is 7.67. The third-order valence-electron chi connectivity index (χ3n) is 4.32. The van der Waals surface area contributed by atoms with Crippen molar-refractivity contribution < 1.29 is 4.79 Å². The van der Waals surface area contributed by atoms with E-state index in [1.54, 1.807) is 17.6 Å². The van der Waals surface area contributed by atoms with E-state index in [2.05, 4.69) is 15.3 Å². The van der Waals surface area contributed by atoms with E-state index in [-0.39, 0.29) is 17.5 Å². The highest BCUT2D eigenvalue weighted by molar-refractivity contribution is 5.78. The number of nitrogens with one attached hydrogen (secondary N) is 1. The number of rotatable bonds is 4. The molecule has 0 aromatic carbocycles. The average molecular weight is 303 g/mol. The Morgan fingerprint density at radius 3 is 2.77 bits per heavy atom. The molecule has 0 bridgehead atoms. The van der Waals surface area contributed by atoms with Gasteiger partial charge in [-0.05, 0) is 38.1 Å².